The molecular weight excluding hydrogens is 305 g/mol. The molecule has 0 saturated heterocycles. The second kappa shape index (κ2) is 6.38. The van der Waals surface area contributed by atoms with Gasteiger partial charge in [0.05, 0.1) is 16.7 Å². The van der Waals surface area contributed by atoms with Gasteiger partial charge in [0.2, 0.25) is 0 Å². The van der Waals surface area contributed by atoms with Crippen LogP contribution < -0.4 is 5.32 Å². The molecule has 5 heteroatoms. The number of halogens is 2. The van der Waals surface area contributed by atoms with Gasteiger partial charge in [-0.1, -0.05) is 31.5 Å². The summed E-state index contributed by atoms with van der Waals surface area (Å²) in [5, 5.41) is 12.6. The van der Waals surface area contributed by atoms with Crippen LogP contribution in [0.4, 0.5) is 0 Å². The molecule has 3 nitrogen and oxygen atoms in total. The van der Waals surface area contributed by atoms with E-state index in [9.17, 15) is 9.90 Å². The fourth-order valence-corrected chi connectivity index (χ4v) is 1.79. The summed E-state index contributed by atoms with van der Waals surface area (Å²) < 4.78 is 0.677. The maximum Gasteiger partial charge on any atom is 0.252 e. The summed E-state index contributed by atoms with van der Waals surface area (Å²) >= 11 is 9.25. The van der Waals surface area contributed by atoms with Crippen molar-refractivity contribution in [1.82, 2.24) is 5.32 Å². The summed E-state index contributed by atoms with van der Waals surface area (Å²) in [6.07, 6.45) is -0.551. The minimum atomic E-state index is -0.551. The van der Waals surface area contributed by atoms with Crippen molar-refractivity contribution in [2.45, 2.75) is 20.0 Å². The van der Waals surface area contributed by atoms with Gasteiger partial charge in [0.15, 0.2) is 0 Å². The quantitative estimate of drug-likeness (QED) is 0.896. The summed E-state index contributed by atoms with van der Waals surface area (Å²) in [6.45, 7) is 4.01. The lowest BCUT2D eigenvalue weighted by atomic mass is 10.1. The number of benzene rings is 1. The fraction of sp³-hybridized carbons (Fsp3) is 0.417. The number of aliphatic hydroxyl groups excluding tert-OH is 1. The third-order valence-electron chi connectivity index (χ3n) is 2.44. The summed E-state index contributed by atoms with van der Waals surface area (Å²) in [7, 11) is 0. The van der Waals surface area contributed by atoms with Crippen LogP contribution >= 0.6 is 27.5 Å². The average Bonchev–Trinajstić information content (AvgIpc) is 2.29. The summed E-state index contributed by atoms with van der Waals surface area (Å²) in [5.74, 6) is -0.177. The number of aliphatic hydroxyl groups is 1. The summed E-state index contributed by atoms with van der Waals surface area (Å²) in [4.78, 5) is 11.8. The Bertz CT molecular complexity index is 409. The van der Waals surface area contributed by atoms with Gasteiger partial charge in [-0.2, -0.15) is 0 Å². The highest BCUT2D eigenvalue weighted by Crippen LogP contribution is 2.25. The predicted molar refractivity (Wildman–Crippen MR) is 72.3 cm³/mol. The molecule has 1 aromatic rings. The van der Waals surface area contributed by atoms with Crippen LogP contribution in [0.1, 0.15) is 24.2 Å². The number of hydrogen-bond donors (Lipinski definition) is 2. The van der Waals surface area contributed by atoms with Crippen molar-refractivity contribution in [3.63, 3.8) is 0 Å². The van der Waals surface area contributed by atoms with Gasteiger partial charge in [0.1, 0.15) is 0 Å². The lowest BCUT2D eigenvalue weighted by molar-refractivity contribution is 0.0871. The molecule has 0 saturated carbocycles. The van der Waals surface area contributed by atoms with Crippen LogP contribution in [-0.4, -0.2) is 23.7 Å². The number of carbonyl (C=O) groups excluding carboxylic acids is 1. The van der Waals surface area contributed by atoms with Gasteiger partial charge in [-0.05, 0) is 34.0 Å². The second-order valence-corrected chi connectivity index (χ2v) is 5.36. The topological polar surface area (TPSA) is 49.3 Å². The lowest BCUT2D eigenvalue weighted by Crippen LogP contribution is -2.34. The van der Waals surface area contributed by atoms with Gasteiger partial charge >= 0.3 is 0 Å². The Labute approximate surface area is 114 Å². The number of hydrogen-bond acceptors (Lipinski definition) is 2. The Kier molecular flexibility index (Phi) is 5.43. The average molecular weight is 321 g/mol. The molecule has 0 fully saturated rings. The first kappa shape index (κ1) is 14.5. The molecule has 0 aliphatic carbocycles. The number of nitrogens with one attached hydrogen (secondary N) is 1. The van der Waals surface area contributed by atoms with Gasteiger partial charge in [0.25, 0.3) is 5.91 Å². The largest absolute Gasteiger partial charge is 0.391 e. The molecule has 1 rings (SSSR count). The van der Waals surface area contributed by atoms with Crippen molar-refractivity contribution in [1.29, 1.82) is 0 Å². The Hall–Kier alpha value is -0.580. The number of amides is 1. The zero-order chi connectivity index (χ0) is 13.0. The SMILES string of the molecule is CC(C)C(O)CNC(=O)c1cccc(Br)c1Cl. The van der Waals surface area contributed by atoms with Crippen molar-refractivity contribution in [3.8, 4) is 0 Å². The van der Waals surface area contributed by atoms with Crippen LogP contribution in [0.2, 0.25) is 5.02 Å². The first-order valence-corrected chi connectivity index (χ1v) is 6.51. The van der Waals surface area contributed by atoms with E-state index < -0.39 is 6.10 Å². The first-order valence-electron chi connectivity index (χ1n) is 5.33. The van der Waals surface area contributed by atoms with Gasteiger partial charge in [-0.15, -0.1) is 0 Å². The molecule has 2 N–H and O–H groups in total. The molecule has 0 spiro atoms. The Morgan fingerprint density at radius 2 is 2.18 bits per heavy atom. The molecule has 1 aromatic carbocycles. The van der Waals surface area contributed by atoms with Crippen LogP contribution in [0.25, 0.3) is 0 Å². The van der Waals surface area contributed by atoms with Crippen LogP contribution in [0.3, 0.4) is 0 Å². The lowest BCUT2D eigenvalue weighted by Gasteiger charge is -2.15. The van der Waals surface area contributed by atoms with E-state index in [0.29, 0.717) is 15.1 Å². The molecule has 1 atom stereocenters. The van der Waals surface area contributed by atoms with E-state index in [1.807, 2.05) is 13.8 Å². The summed E-state index contributed by atoms with van der Waals surface area (Å²) in [6, 6.07) is 5.15. The van der Waals surface area contributed by atoms with E-state index in [0.717, 1.165) is 0 Å². The van der Waals surface area contributed by atoms with Crippen LogP contribution in [0.15, 0.2) is 22.7 Å². The maximum atomic E-state index is 11.8. The van der Waals surface area contributed by atoms with Crippen LogP contribution in [-0.2, 0) is 0 Å². The van der Waals surface area contributed by atoms with Crippen molar-refractivity contribution in [2.75, 3.05) is 6.54 Å². The third-order valence-corrected chi connectivity index (χ3v) is 3.73. The monoisotopic (exact) mass is 319 g/mol. The van der Waals surface area contributed by atoms with Gasteiger partial charge in [0, 0.05) is 11.0 Å². The standard InChI is InChI=1S/C12H15BrClNO2/c1-7(2)10(16)6-15-12(17)8-4-3-5-9(13)11(8)14/h3-5,7,10,16H,6H2,1-2H3,(H,15,17). The fourth-order valence-electron chi connectivity index (χ4n) is 1.21. The zero-order valence-electron chi connectivity index (χ0n) is 9.71. The van der Waals surface area contributed by atoms with E-state index in [-0.39, 0.29) is 18.4 Å². The van der Waals surface area contributed by atoms with Crippen molar-refractivity contribution in [3.05, 3.63) is 33.3 Å². The molecule has 1 amide bonds. The highest BCUT2D eigenvalue weighted by atomic mass is 79.9. The van der Waals surface area contributed by atoms with Crippen molar-refractivity contribution < 1.29 is 9.90 Å². The van der Waals surface area contributed by atoms with E-state index in [2.05, 4.69) is 21.2 Å². The van der Waals surface area contributed by atoms with Crippen LogP contribution in [0.5, 0.6) is 0 Å². The molecule has 0 aromatic heterocycles. The molecule has 0 aliphatic heterocycles. The molecule has 0 radical (unpaired) electrons. The molecule has 94 valence electrons. The molecule has 0 aliphatic rings. The normalized spacial score (nSPS) is 12.6. The van der Waals surface area contributed by atoms with E-state index in [1.165, 1.54) is 0 Å². The predicted octanol–water partition coefficient (Wildman–Crippen LogP) is 2.85. The van der Waals surface area contributed by atoms with Gasteiger partial charge < -0.3 is 10.4 Å². The molecular formula is C12H15BrClNO2. The zero-order valence-corrected chi connectivity index (χ0v) is 12.0. The molecule has 17 heavy (non-hydrogen) atoms. The third kappa shape index (κ3) is 3.98. The Morgan fingerprint density at radius 1 is 1.53 bits per heavy atom. The van der Waals surface area contributed by atoms with Crippen LogP contribution in [0, 0.1) is 5.92 Å². The Balaban J connectivity index is 2.68. The molecule has 0 heterocycles. The Morgan fingerprint density at radius 3 is 2.76 bits per heavy atom. The smallest absolute Gasteiger partial charge is 0.252 e. The van der Waals surface area contributed by atoms with E-state index in [4.69, 9.17) is 11.6 Å². The number of rotatable bonds is 4. The van der Waals surface area contributed by atoms with Gasteiger partial charge in [-0.25, -0.2) is 0 Å². The maximum absolute atomic E-state index is 11.8. The molecule has 1 unspecified atom stereocenters. The van der Waals surface area contributed by atoms with Crippen molar-refractivity contribution >= 4 is 33.4 Å². The minimum absolute atomic E-state index is 0.105. The first-order chi connectivity index (χ1) is 7.93. The minimum Gasteiger partial charge on any atom is -0.391 e. The van der Waals surface area contributed by atoms with Gasteiger partial charge in [-0.3, -0.25) is 4.79 Å². The number of carbonyl (C=O) groups is 1. The van der Waals surface area contributed by atoms with Crippen molar-refractivity contribution in [2.24, 2.45) is 5.92 Å². The second-order valence-electron chi connectivity index (χ2n) is 4.12. The summed E-state index contributed by atoms with van der Waals surface area (Å²) in [5.41, 5.74) is 0.400. The highest BCUT2D eigenvalue weighted by molar-refractivity contribution is 9.10. The van der Waals surface area contributed by atoms with E-state index in [1.54, 1.807) is 18.2 Å². The van der Waals surface area contributed by atoms with E-state index >= 15 is 0 Å². The molecule has 0 bridgehead atoms. The highest BCUT2D eigenvalue weighted by Gasteiger charge is 2.14.